The molecule has 1 amide bonds. The molecular weight excluding hydrogens is 407 g/mol. The first-order chi connectivity index (χ1) is 13.2. The van der Waals surface area contributed by atoms with E-state index < -0.39 is 21.7 Å². The van der Waals surface area contributed by atoms with Gasteiger partial charge in [-0.1, -0.05) is 17.7 Å². The van der Waals surface area contributed by atoms with Crippen molar-refractivity contribution in [2.75, 3.05) is 18.4 Å². The van der Waals surface area contributed by atoms with Gasteiger partial charge in [-0.05, 0) is 50.2 Å². The van der Waals surface area contributed by atoms with Crippen LogP contribution in [-0.4, -0.2) is 43.9 Å². The zero-order chi connectivity index (χ0) is 20.5. The van der Waals surface area contributed by atoms with Crippen LogP contribution in [0, 0.1) is 5.82 Å². The van der Waals surface area contributed by atoms with Gasteiger partial charge in [0.1, 0.15) is 5.82 Å². The Kier molecular flexibility index (Phi) is 6.04. The Labute approximate surface area is 168 Å². The van der Waals surface area contributed by atoms with E-state index in [1.807, 2.05) is 13.8 Å². The van der Waals surface area contributed by atoms with Gasteiger partial charge in [-0.3, -0.25) is 4.79 Å². The minimum atomic E-state index is -3.77. The summed E-state index contributed by atoms with van der Waals surface area (Å²) in [6, 6.07) is 9.35. The van der Waals surface area contributed by atoms with Gasteiger partial charge in [0.25, 0.3) is 5.91 Å². The number of hydrogen-bond donors (Lipinski definition) is 1. The lowest BCUT2D eigenvalue weighted by Gasteiger charge is -2.34. The van der Waals surface area contributed by atoms with Crippen molar-refractivity contribution >= 4 is 33.2 Å². The second-order valence-corrected chi connectivity index (χ2v) is 9.03. The molecule has 2 unspecified atom stereocenters. The first-order valence-electron chi connectivity index (χ1n) is 8.69. The van der Waals surface area contributed by atoms with Gasteiger partial charge in [0.2, 0.25) is 10.0 Å². The van der Waals surface area contributed by atoms with E-state index in [0.29, 0.717) is 0 Å². The zero-order valence-electron chi connectivity index (χ0n) is 15.4. The van der Waals surface area contributed by atoms with E-state index in [1.165, 1.54) is 40.7 Å². The number of hydrogen-bond acceptors (Lipinski definition) is 4. The van der Waals surface area contributed by atoms with Crippen LogP contribution < -0.4 is 5.32 Å². The average molecular weight is 427 g/mol. The van der Waals surface area contributed by atoms with Crippen molar-refractivity contribution in [1.82, 2.24) is 4.31 Å². The van der Waals surface area contributed by atoms with Crippen molar-refractivity contribution in [3.63, 3.8) is 0 Å². The van der Waals surface area contributed by atoms with Crippen LogP contribution in [0.4, 0.5) is 10.1 Å². The number of amides is 1. The fourth-order valence-electron chi connectivity index (χ4n) is 3.06. The number of rotatable bonds is 4. The maximum absolute atomic E-state index is 13.1. The van der Waals surface area contributed by atoms with Crippen LogP contribution in [0.25, 0.3) is 0 Å². The molecule has 28 heavy (non-hydrogen) atoms. The van der Waals surface area contributed by atoms with Gasteiger partial charge in [0.05, 0.1) is 27.8 Å². The molecule has 6 nitrogen and oxygen atoms in total. The molecule has 0 radical (unpaired) electrons. The van der Waals surface area contributed by atoms with E-state index in [9.17, 15) is 17.6 Å². The number of ether oxygens (including phenoxy) is 1. The fraction of sp³-hybridized carbons (Fsp3) is 0.316. The molecule has 1 aliphatic rings. The summed E-state index contributed by atoms with van der Waals surface area (Å²) in [6.45, 7) is 4.12. The summed E-state index contributed by atoms with van der Waals surface area (Å²) in [5.41, 5.74) is 0.382. The highest BCUT2D eigenvalue weighted by atomic mass is 35.5. The zero-order valence-corrected chi connectivity index (χ0v) is 16.9. The van der Waals surface area contributed by atoms with Crippen LogP contribution in [0.3, 0.4) is 0 Å². The maximum atomic E-state index is 13.1. The lowest BCUT2D eigenvalue weighted by molar-refractivity contribution is -0.0440. The Morgan fingerprint density at radius 3 is 2.50 bits per heavy atom. The molecule has 1 fully saturated rings. The summed E-state index contributed by atoms with van der Waals surface area (Å²) in [5, 5.41) is 2.61. The molecule has 0 spiro atoms. The summed E-state index contributed by atoms with van der Waals surface area (Å²) in [4.78, 5) is 12.5. The number of nitrogens with one attached hydrogen (secondary N) is 1. The topological polar surface area (TPSA) is 75.7 Å². The monoisotopic (exact) mass is 426 g/mol. The van der Waals surface area contributed by atoms with Crippen molar-refractivity contribution < 1.29 is 22.3 Å². The van der Waals surface area contributed by atoms with Crippen molar-refractivity contribution in [1.29, 1.82) is 0 Å². The third-order valence-corrected chi connectivity index (χ3v) is 6.44. The molecule has 2 atom stereocenters. The summed E-state index contributed by atoms with van der Waals surface area (Å²) >= 11 is 5.92. The Morgan fingerprint density at radius 2 is 1.86 bits per heavy atom. The standard InChI is InChI=1S/C19H20ClFN2O4S/c1-12-10-23(11-13(2)27-12)28(25,26)16-5-3-4-14(8-16)19(24)22-18-7-6-15(21)9-17(18)20/h3-9,12-13H,10-11H2,1-2H3,(H,22,24). The second kappa shape index (κ2) is 8.16. The molecule has 0 aliphatic carbocycles. The number of carbonyl (C=O) groups is 1. The summed E-state index contributed by atoms with van der Waals surface area (Å²) in [7, 11) is -3.77. The highest BCUT2D eigenvalue weighted by Crippen LogP contribution is 2.25. The van der Waals surface area contributed by atoms with Crippen molar-refractivity contribution in [3.05, 3.63) is 58.9 Å². The van der Waals surface area contributed by atoms with Crippen LogP contribution in [0.1, 0.15) is 24.2 Å². The van der Waals surface area contributed by atoms with E-state index in [-0.39, 0.29) is 46.5 Å². The Bertz CT molecular complexity index is 989. The number of anilines is 1. The molecule has 150 valence electrons. The van der Waals surface area contributed by atoms with E-state index in [4.69, 9.17) is 16.3 Å². The normalized spacial score (nSPS) is 20.7. The molecule has 1 heterocycles. The highest BCUT2D eigenvalue weighted by molar-refractivity contribution is 7.89. The Hall–Kier alpha value is -2.00. The van der Waals surface area contributed by atoms with Crippen molar-refractivity contribution in [2.45, 2.75) is 31.0 Å². The first-order valence-corrected chi connectivity index (χ1v) is 10.5. The van der Waals surface area contributed by atoms with Gasteiger partial charge in [-0.25, -0.2) is 12.8 Å². The number of nitrogens with zero attached hydrogens (tertiary/aromatic N) is 1. The highest BCUT2D eigenvalue weighted by Gasteiger charge is 2.32. The van der Waals surface area contributed by atoms with E-state index in [1.54, 1.807) is 0 Å². The van der Waals surface area contributed by atoms with Gasteiger partial charge in [0, 0.05) is 18.7 Å². The molecule has 0 aromatic heterocycles. The van der Waals surface area contributed by atoms with Gasteiger partial charge < -0.3 is 10.1 Å². The third kappa shape index (κ3) is 4.52. The minimum Gasteiger partial charge on any atom is -0.373 e. The lowest BCUT2D eigenvalue weighted by Crippen LogP contribution is -2.48. The number of benzene rings is 2. The summed E-state index contributed by atoms with van der Waals surface area (Å²) in [5.74, 6) is -1.07. The Balaban J connectivity index is 1.84. The smallest absolute Gasteiger partial charge is 0.255 e. The average Bonchev–Trinajstić information content (AvgIpc) is 2.63. The molecule has 2 aromatic carbocycles. The molecule has 0 bridgehead atoms. The van der Waals surface area contributed by atoms with Gasteiger partial charge in [-0.2, -0.15) is 4.31 Å². The molecule has 0 saturated carbocycles. The van der Waals surface area contributed by atoms with Crippen LogP contribution in [0.5, 0.6) is 0 Å². The van der Waals surface area contributed by atoms with E-state index in [2.05, 4.69) is 5.32 Å². The first kappa shape index (κ1) is 20.7. The third-order valence-electron chi connectivity index (χ3n) is 4.30. The predicted octanol–water partition coefficient (Wildman–Crippen LogP) is 3.53. The van der Waals surface area contributed by atoms with E-state index >= 15 is 0 Å². The molecule has 1 aliphatic heterocycles. The summed E-state index contributed by atoms with van der Waals surface area (Å²) in [6.07, 6.45) is -0.434. The van der Waals surface area contributed by atoms with Crippen LogP contribution >= 0.6 is 11.6 Å². The molecular formula is C19H20ClFN2O4S. The predicted molar refractivity (Wildman–Crippen MR) is 105 cm³/mol. The number of halogens is 2. The SMILES string of the molecule is CC1CN(S(=O)(=O)c2cccc(C(=O)Nc3ccc(F)cc3Cl)c2)CC(C)O1. The van der Waals surface area contributed by atoms with E-state index in [0.717, 1.165) is 6.07 Å². The molecule has 9 heteroatoms. The fourth-order valence-corrected chi connectivity index (χ4v) is 4.91. The largest absolute Gasteiger partial charge is 0.373 e. The Morgan fingerprint density at radius 1 is 1.18 bits per heavy atom. The van der Waals surface area contributed by atoms with Crippen LogP contribution in [0.2, 0.25) is 5.02 Å². The molecule has 1 N–H and O–H groups in total. The number of sulfonamides is 1. The lowest BCUT2D eigenvalue weighted by atomic mass is 10.2. The van der Waals surface area contributed by atoms with Gasteiger partial charge in [0.15, 0.2) is 0 Å². The van der Waals surface area contributed by atoms with Crippen LogP contribution in [-0.2, 0) is 14.8 Å². The minimum absolute atomic E-state index is 0.0200. The van der Waals surface area contributed by atoms with Gasteiger partial charge >= 0.3 is 0 Å². The van der Waals surface area contributed by atoms with Crippen molar-refractivity contribution in [3.8, 4) is 0 Å². The molecule has 1 saturated heterocycles. The number of morpholine rings is 1. The molecule has 3 rings (SSSR count). The van der Waals surface area contributed by atoms with Crippen LogP contribution in [0.15, 0.2) is 47.4 Å². The summed E-state index contributed by atoms with van der Waals surface area (Å²) < 4.78 is 46.1. The maximum Gasteiger partial charge on any atom is 0.255 e. The number of carbonyl (C=O) groups excluding carboxylic acids is 1. The quantitative estimate of drug-likeness (QED) is 0.811. The van der Waals surface area contributed by atoms with Gasteiger partial charge in [-0.15, -0.1) is 0 Å². The molecule has 2 aromatic rings. The van der Waals surface area contributed by atoms with Crippen molar-refractivity contribution in [2.24, 2.45) is 0 Å². The second-order valence-electron chi connectivity index (χ2n) is 6.69.